The molecule has 0 spiro atoms. The van der Waals surface area contributed by atoms with E-state index in [2.05, 4.69) is 6.58 Å². The van der Waals surface area contributed by atoms with Gasteiger partial charge in [-0.15, -0.1) is 0 Å². The SMILES string of the molecule is C=C(/C(O)=C\C(O)=C\C(=O)NN)C(C)C. The summed E-state index contributed by atoms with van der Waals surface area (Å²) in [7, 11) is 0. The second-order valence-corrected chi connectivity index (χ2v) is 3.29. The number of aliphatic hydroxyl groups is 2. The maximum atomic E-state index is 10.7. The van der Waals surface area contributed by atoms with Crippen molar-refractivity contribution < 1.29 is 15.0 Å². The van der Waals surface area contributed by atoms with Crippen molar-refractivity contribution in [3.05, 3.63) is 35.8 Å². The summed E-state index contributed by atoms with van der Waals surface area (Å²) in [5, 5.41) is 18.7. The molecule has 0 radical (unpaired) electrons. The molecule has 0 aliphatic carbocycles. The molecular weight excluding hydrogens is 196 g/mol. The molecule has 0 aromatic carbocycles. The van der Waals surface area contributed by atoms with Crippen molar-refractivity contribution in [2.75, 3.05) is 0 Å². The number of allylic oxidation sites excluding steroid dienone is 2. The van der Waals surface area contributed by atoms with Gasteiger partial charge >= 0.3 is 0 Å². The van der Waals surface area contributed by atoms with Gasteiger partial charge in [-0.1, -0.05) is 20.4 Å². The van der Waals surface area contributed by atoms with E-state index in [4.69, 9.17) is 5.84 Å². The van der Waals surface area contributed by atoms with Crippen LogP contribution in [0.15, 0.2) is 35.8 Å². The first kappa shape index (κ1) is 13.2. The third kappa shape index (κ3) is 4.87. The van der Waals surface area contributed by atoms with Gasteiger partial charge in [-0.2, -0.15) is 0 Å². The number of carbonyl (C=O) groups excluding carboxylic acids is 1. The fourth-order valence-electron chi connectivity index (χ4n) is 0.746. The van der Waals surface area contributed by atoms with Crippen molar-refractivity contribution in [3.8, 4) is 0 Å². The summed E-state index contributed by atoms with van der Waals surface area (Å²) in [4.78, 5) is 10.7. The Balaban J connectivity index is 4.69. The highest BCUT2D eigenvalue weighted by molar-refractivity contribution is 5.87. The molecule has 0 rings (SSSR count). The van der Waals surface area contributed by atoms with E-state index in [1.54, 1.807) is 0 Å². The topological polar surface area (TPSA) is 95.6 Å². The molecule has 0 aromatic rings. The molecule has 5 heteroatoms. The lowest BCUT2D eigenvalue weighted by Gasteiger charge is -2.07. The minimum absolute atomic E-state index is 0.0531. The zero-order valence-corrected chi connectivity index (χ0v) is 8.82. The number of aliphatic hydroxyl groups excluding tert-OH is 2. The van der Waals surface area contributed by atoms with E-state index in [-0.39, 0.29) is 11.7 Å². The van der Waals surface area contributed by atoms with Crippen molar-refractivity contribution in [3.63, 3.8) is 0 Å². The van der Waals surface area contributed by atoms with Crippen molar-refractivity contribution >= 4 is 5.91 Å². The summed E-state index contributed by atoms with van der Waals surface area (Å²) in [6.07, 6.45) is 1.89. The van der Waals surface area contributed by atoms with Crippen LogP contribution >= 0.6 is 0 Å². The molecule has 0 aromatic heterocycles. The van der Waals surface area contributed by atoms with E-state index in [0.717, 1.165) is 12.2 Å². The Morgan fingerprint density at radius 1 is 1.40 bits per heavy atom. The second-order valence-electron chi connectivity index (χ2n) is 3.29. The van der Waals surface area contributed by atoms with Crippen LogP contribution in [0.5, 0.6) is 0 Å². The molecule has 0 atom stereocenters. The predicted molar refractivity (Wildman–Crippen MR) is 57.7 cm³/mol. The molecular formula is C10H16N2O3. The lowest BCUT2D eigenvalue weighted by molar-refractivity contribution is -0.116. The zero-order chi connectivity index (χ0) is 12.0. The summed E-state index contributed by atoms with van der Waals surface area (Å²) in [5.41, 5.74) is 2.29. The second kappa shape index (κ2) is 5.87. The number of hydrazine groups is 1. The first-order chi connectivity index (χ1) is 6.88. The molecule has 0 fully saturated rings. The van der Waals surface area contributed by atoms with E-state index >= 15 is 0 Å². The number of carbonyl (C=O) groups is 1. The van der Waals surface area contributed by atoms with Gasteiger partial charge in [0.2, 0.25) is 0 Å². The van der Waals surface area contributed by atoms with Gasteiger partial charge in [-0.05, 0) is 11.5 Å². The number of nitrogens with two attached hydrogens (primary N) is 1. The van der Waals surface area contributed by atoms with Crippen LogP contribution in [0.25, 0.3) is 0 Å². The Morgan fingerprint density at radius 2 is 1.93 bits per heavy atom. The smallest absolute Gasteiger partial charge is 0.261 e. The Labute approximate surface area is 88.6 Å². The maximum absolute atomic E-state index is 10.7. The molecule has 84 valence electrons. The molecule has 5 N–H and O–H groups in total. The van der Waals surface area contributed by atoms with E-state index < -0.39 is 11.7 Å². The van der Waals surface area contributed by atoms with Gasteiger partial charge in [0.1, 0.15) is 11.5 Å². The fourth-order valence-corrected chi connectivity index (χ4v) is 0.746. The number of nitrogens with one attached hydrogen (secondary N) is 1. The van der Waals surface area contributed by atoms with Crippen molar-refractivity contribution in [2.45, 2.75) is 13.8 Å². The van der Waals surface area contributed by atoms with Crippen LogP contribution in [0.2, 0.25) is 0 Å². The molecule has 0 bridgehead atoms. The van der Waals surface area contributed by atoms with Crippen LogP contribution in [0.1, 0.15) is 13.8 Å². The van der Waals surface area contributed by atoms with Gasteiger partial charge in [0.25, 0.3) is 5.91 Å². The van der Waals surface area contributed by atoms with Gasteiger partial charge in [0, 0.05) is 12.2 Å². The highest BCUT2D eigenvalue weighted by atomic mass is 16.3. The van der Waals surface area contributed by atoms with Gasteiger partial charge in [0.05, 0.1) is 0 Å². The summed E-state index contributed by atoms with van der Waals surface area (Å²) in [6, 6.07) is 0. The summed E-state index contributed by atoms with van der Waals surface area (Å²) in [6.45, 7) is 7.32. The number of hydrogen-bond acceptors (Lipinski definition) is 4. The normalized spacial score (nSPS) is 12.8. The highest BCUT2D eigenvalue weighted by Crippen LogP contribution is 2.15. The third-order valence-corrected chi connectivity index (χ3v) is 1.73. The molecule has 0 unspecified atom stereocenters. The van der Waals surface area contributed by atoms with E-state index in [0.29, 0.717) is 5.57 Å². The van der Waals surface area contributed by atoms with Gasteiger partial charge in [-0.25, -0.2) is 5.84 Å². The average molecular weight is 212 g/mol. The standard InChI is InChI=1S/C10H16N2O3/c1-6(2)7(3)9(14)4-8(13)5-10(15)12-11/h4-6,13-14H,3,11H2,1-2H3,(H,12,15)/b8-5-,9-4+. The van der Waals surface area contributed by atoms with Gasteiger partial charge in [-0.3, -0.25) is 10.2 Å². The Hall–Kier alpha value is -1.75. The van der Waals surface area contributed by atoms with Gasteiger partial charge in [0.15, 0.2) is 0 Å². The van der Waals surface area contributed by atoms with Crippen LogP contribution < -0.4 is 11.3 Å². The van der Waals surface area contributed by atoms with Crippen LogP contribution in [0.4, 0.5) is 0 Å². The zero-order valence-electron chi connectivity index (χ0n) is 8.82. The molecule has 0 saturated heterocycles. The summed E-state index contributed by atoms with van der Waals surface area (Å²) >= 11 is 0. The first-order valence-corrected chi connectivity index (χ1v) is 4.39. The van der Waals surface area contributed by atoms with Crippen molar-refractivity contribution in [1.29, 1.82) is 0 Å². The molecule has 0 saturated carbocycles. The third-order valence-electron chi connectivity index (χ3n) is 1.73. The van der Waals surface area contributed by atoms with E-state index in [9.17, 15) is 15.0 Å². The minimum Gasteiger partial charge on any atom is -0.508 e. The largest absolute Gasteiger partial charge is 0.508 e. The molecule has 1 amide bonds. The minimum atomic E-state index is -0.660. The van der Waals surface area contributed by atoms with Gasteiger partial charge < -0.3 is 10.2 Å². The number of amides is 1. The van der Waals surface area contributed by atoms with Crippen LogP contribution in [-0.2, 0) is 4.79 Å². The average Bonchev–Trinajstić information content (AvgIpc) is 2.15. The predicted octanol–water partition coefficient (Wildman–Crippen LogP) is 1.07. The van der Waals surface area contributed by atoms with E-state index in [1.807, 2.05) is 19.3 Å². The van der Waals surface area contributed by atoms with E-state index in [1.165, 1.54) is 0 Å². The fraction of sp³-hybridized carbons (Fsp3) is 0.300. The van der Waals surface area contributed by atoms with Crippen molar-refractivity contribution in [2.24, 2.45) is 11.8 Å². The highest BCUT2D eigenvalue weighted by Gasteiger charge is 2.06. The Kier molecular flexibility index (Phi) is 5.19. The van der Waals surface area contributed by atoms with Crippen LogP contribution in [0, 0.1) is 5.92 Å². The number of rotatable bonds is 4. The molecule has 0 aliphatic heterocycles. The molecule has 15 heavy (non-hydrogen) atoms. The lowest BCUT2D eigenvalue weighted by Crippen LogP contribution is -2.28. The lowest BCUT2D eigenvalue weighted by atomic mass is 10.0. The van der Waals surface area contributed by atoms with Crippen molar-refractivity contribution in [1.82, 2.24) is 5.43 Å². The number of hydrogen-bond donors (Lipinski definition) is 4. The molecule has 0 heterocycles. The van der Waals surface area contributed by atoms with Crippen LogP contribution in [0.3, 0.4) is 0 Å². The summed E-state index contributed by atoms with van der Waals surface area (Å²) < 4.78 is 0. The Bertz CT molecular complexity index is 317. The monoisotopic (exact) mass is 212 g/mol. The summed E-state index contributed by atoms with van der Waals surface area (Å²) in [5.74, 6) is 3.64. The molecule has 5 nitrogen and oxygen atoms in total. The quantitative estimate of drug-likeness (QED) is 0.140. The first-order valence-electron chi connectivity index (χ1n) is 4.39. The molecule has 0 aliphatic rings. The maximum Gasteiger partial charge on any atom is 0.261 e. The Morgan fingerprint density at radius 3 is 2.33 bits per heavy atom. The van der Waals surface area contributed by atoms with Crippen LogP contribution in [-0.4, -0.2) is 16.1 Å².